The largest absolute Gasteiger partial charge is 0.494 e. The zero-order chi connectivity index (χ0) is 14.7. The van der Waals surface area contributed by atoms with Gasteiger partial charge in [-0.2, -0.15) is 0 Å². The van der Waals surface area contributed by atoms with Crippen molar-refractivity contribution in [2.24, 2.45) is 0 Å². The van der Waals surface area contributed by atoms with Crippen LogP contribution in [0.25, 0.3) is 11.0 Å². The number of anilines is 1. The summed E-state index contributed by atoms with van der Waals surface area (Å²) in [6.07, 6.45) is 1.72. The maximum Gasteiger partial charge on any atom is 0.166 e. The first kappa shape index (κ1) is 13.8. The maximum atomic E-state index is 5.75. The highest BCUT2D eigenvalue weighted by atomic mass is 32.2. The molecular formula is C15H16N4OS. The van der Waals surface area contributed by atoms with Gasteiger partial charge in [0, 0.05) is 23.7 Å². The van der Waals surface area contributed by atoms with Gasteiger partial charge < -0.3 is 15.5 Å². The van der Waals surface area contributed by atoms with Crippen LogP contribution in [0.2, 0.25) is 0 Å². The van der Waals surface area contributed by atoms with Gasteiger partial charge in [-0.1, -0.05) is 11.8 Å². The van der Waals surface area contributed by atoms with Crippen LogP contribution in [0, 0.1) is 0 Å². The molecule has 0 aliphatic carbocycles. The van der Waals surface area contributed by atoms with E-state index in [0.717, 1.165) is 39.1 Å². The molecule has 0 atom stereocenters. The summed E-state index contributed by atoms with van der Waals surface area (Å²) >= 11 is 1.60. The molecule has 108 valence electrons. The lowest BCUT2D eigenvalue weighted by atomic mass is 10.3. The maximum absolute atomic E-state index is 5.75. The minimum Gasteiger partial charge on any atom is -0.494 e. The van der Waals surface area contributed by atoms with Gasteiger partial charge in [-0.3, -0.25) is 4.98 Å². The fourth-order valence-corrected chi connectivity index (χ4v) is 2.80. The van der Waals surface area contributed by atoms with Gasteiger partial charge in [-0.25, -0.2) is 4.98 Å². The van der Waals surface area contributed by atoms with E-state index < -0.39 is 0 Å². The van der Waals surface area contributed by atoms with Crippen LogP contribution in [0.4, 0.5) is 5.69 Å². The molecular weight excluding hydrogens is 284 g/mol. The number of rotatable bonds is 5. The highest BCUT2D eigenvalue weighted by Crippen LogP contribution is 2.25. The molecule has 0 saturated carbocycles. The first-order valence-electron chi connectivity index (χ1n) is 6.70. The monoisotopic (exact) mass is 300 g/mol. The molecule has 21 heavy (non-hydrogen) atoms. The highest BCUT2D eigenvalue weighted by Gasteiger charge is 2.06. The summed E-state index contributed by atoms with van der Waals surface area (Å²) in [6, 6.07) is 9.52. The van der Waals surface area contributed by atoms with E-state index in [4.69, 9.17) is 10.5 Å². The molecule has 3 aromatic rings. The average Bonchev–Trinajstić information content (AvgIpc) is 2.88. The number of fused-ring (bicyclic) bond motifs is 1. The second kappa shape index (κ2) is 6.05. The lowest BCUT2D eigenvalue weighted by Gasteiger charge is -2.00. The molecule has 3 rings (SSSR count). The van der Waals surface area contributed by atoms with Crippen molar-refractivity contribution in [3.05, 3.63) is 42.2 Å². The topological polar surface area (TPSA) is 76.8 Å². The number of hydrogen-bond acceptors (Lipinski definition) is 5. The van der Waals surface area contributed by atoms with Gasteiger partial charge in [0.15, 0.2) is 5.16 Å². The summed E-state index contributed by atoms with van der Waals surface area (Å²) in [5, 5.41) is 0.864. The van der Waals surface area contributed by atoms with E-state index in [1.807, 2.05) is 31.2 Å². The predicted octanol–water partition coefficient (Wildman–Crippen LogP) is 3.23. The second-order valence-corrected chi connectivity index (χ2v) is 5.49. The van der Waals surface area contributed by atoms with Crippen LogP contribution in [0.5, 0.6) is 5.75 Å². The molecule has 0 amide bonds. The van der Waals surface area contributed by atoms with Crippen LogP contribution in [0.15, 0.2) is 41.7 Å². The molecule has 6 heteroatoms. The summed E-state index contributed by atoms with van der Waals surface area (Å²) in [5.41, 5.74) is 9.32. The molecule has 0 aliphatic heterocycles. The highest BCUT2D eigenvalue weighted by molar-refractivity contribution is 7.98. The van der Waals surface area contributed by atoms with Crippen LogP contribution in [-0.2, 0) is 5.75 Å². The lowest BCUT2D eigenvalue weighted by molar-refractivity contribution is 0.340. The number of pyridine rings is 1. The van der Waals surface area contributed by atoms with Crippen molar-refractivity contribution in [3.63, 3.8) is 0 Å². The Labute approximate surface area is 126 Å². The zero-order valence-electron chi connectivity index (χ0n) is 11.7. The summed E-state index contributed by atoms with van der Waals surface area (Å²) in [5.74, 6) is 1.58. The molecule has 0 unspecified atom stereocenters. The van der Waals surface area contributed by atoms with E-state index in [9.17, 15) is 0 Å². The van der Waals surface area contributed by atoms with Crippen LogP contribution in [0.1, 0.15) is 12.6 Å². The number of imidazole rings is 1. The van der Waals surface area contributed by atoms with Gasteiger partial charge in [0.25, 0.3) is 0 Å². The number of nitrogen functional groups attached to an aromatic ring is 1. The molecule has 0 bridgehead atoms. The summed E-state index contributed by atoms with van der Waals surface area (Å²) < 4.78 is 5.49. The third kappa shape index (κ3) is 3.28. The molecule has 0 radical (unpaired) electrons. The molecule has 5 nitrogen and oxygen atoms in total. The van der Waals surface area contributed by atoms with Gasteiger partial charge in [-0.15, -0.1) is 0 Å². The van der Waals surface area contributed by atoms with Gasteiger partial charge in [-0.05, 0) is 31.2 Å². The molecule has 1 aromatic carbocycles. The van der Waals surface area contributed by atoms with Gasteiger partial charge >= 0.3 is 0 Å². The number of H-pyrrole nitrogens is 1. The van der Waals surface area contributed by atoms with Crippen LogP contribution in [0.3, 0.4) is 0 Å². The molecule has 0 spiro atoms. The van der Waals surface area contributed by atoms with E-state index in [-0.39, 0.29) is 0 Å². The van der Waals surface area contributed by atoms with Crippen molar-refractivity contribution in [1.29, 1.82) is 0 Å². The molecule has 0 saturated heterocycles. The van der Waals surface area contributed by atoms with Crippen molar-refractivity contribution < 1.29 is 4.74 Å². The van der Waals surface area contributed by atoms with Crippen molar-refractivity contribution in [2.75, 3.05) is 12.3 Å². The summed E-state index contributed by atoms with van der Waals surface area (Å²) in [6.45, 7) is 2.62. The SMILES string of the molecule is CCOc1ccc2nc(SCc3cc(N)ccn3)[nH]c2c1. The fraction of sp³-hybridized carbons (Fsp3) is 0.200. The van der Waals surface area contributed by atoms with Gasteiger partial charge in [0.1, 0.15) is 5.75 Å². The van der Waals surface area contributed by atoms with E-state index in [0.29, 0.717) is 6.61 Å². The number of ether oxygens (including phenoxy) is 1. The number of nitrogens with one attached hydrogen (secondary N) is 1. The van der Waals surface area contributed by atoms with Crippen LogP contribution < -0.4 is 10.5 Å². The first-order valence-corrected chi connectivity index (χ1v) is 7.69. The van der Waals surface area contributed by atoms with Crippen LogP contribution >= 0.6 is 11.8 Å². The number of aromatic nitrogens is 3. The average molecular weight is 300 g/mol. The van der Waals surface area contributed by atoms with Crippen LogP contribution in [-0.4, -0.2) is 21.6 Å². The Bertz CT molecular complexity index is 756. The summed E-state index contributed by atoms with van der Waals surface area (Å²) in [7, 11) is 0. The summed E-state index contributed by atoms with van der Waals surface area (Å²) in [4.78, 5) is 12.1. The van der Waals surface area contributed by atoms with Crippen molar-refractivity contribution in [2.45, 2.75) is 17.8 Å². The predicted molar refractivity (Wildman–Crippen MR) is 85.5 cm³/mol. The number of hydrogen-bond donors (Lipinski definition) is 2. The number of thioether (sulfide) groups is 1. The second-order valence-electron chi connectivity index (χ2n) is 4.52. The minimum atomic E-state index is 0.655. The third-order valence-corrected chi connectivity index (χ3v) is 3.85. The zero-order valence-corrected chi connectivity index (χ0v) is 12.5. The third-order valence-electron chi connectivity index (χ3n) is 2.94. The Kier molecular flexibility index (Phi) is 3.96. The smallest absolute Gasteiger partial charge is 0.166 e. The van der Waals surface area contributed by atoms with Crippen molar-refractivity contribution in [3.8, 4) is 5.75 Å². The molecule has 3 N–H and O–H groups in total. The van der Waals surface area contributed by atoms with E-state index >= 15 is 0 Å². The van der Waals surface area contributed by atoms with Crippen molar-refractivity contribution in [1.82, 2.24) is 15.0 Å². The number of benzene rings is 1. The van der Waals surface area contributed by atoms with E-state index in [2.05, 4.69) is 15.0 Å². The number of aromatic amines is 1. The Morgan fingerprint density at radius 1 is 1.29 bits per heavy atom. The normalized spacial score (nSPS) is 10.9. The van der Waals surface area contributed by atoms with Gasteiger partial charge in [0.05, 0.1) is 23.3 Å². The fourth-order valence-electron chi connectivity index (χ4n) is 2.01. The molecule has 2 aromatic heterocycles. The first-order chi connectivity index (χ1) is 10.2. The molecule has 2 heterocycles. The Morgan fingerprint density at radius 3 is 3.00 bits per heavy atom. The standard InChI is InChI=1S/C15H16N4OS/c1-2-20-12-3-4-13-14(8-12)19-15(18-13)21-9-11-7-10(16)5-6-17-11/h3-8H,2,9H2,1H3,(H2,16,17)(H,18,19). The van der Waals surface area contributed by atoms with Crippen molar-refractivity contribution >= 4 is 28.5 Å². The lowest BCUT2D eigenvalue weighted by Crippen LogP contribution is -1.91. The van der Waals surface area contributed by atoms with Gasteiger partial charge in [0.2, 0.25) is 0 Å². The molecule has 0 fully saturated rings. The Morgan fingerprint density at radius 2 is 2.19 bits per heavy atom. The number of nitrogens with two attached hydrogens (primary N) is 1. The minimum absolute atomic E-state index is 0.655. The quantitative estimate of drug-likeness (QED) is 0.707. The van der Waals surface area contributed by atoms with E-state index in [1.54, 1.807) is 24.0 Å². The Hall–Kier alpha value is -2.21. The number of nitrogens with zero attached hydrogens (tertiary/aromatic N) is 2. The molecule has 0 aliphatic rings. The Balaban J connectivity index is 1.75. The van der Waals surface area contributed by atoms with E-state index in [1.165, 1.54) is 0 Å².